The second-order valence-corrected chi connectivity index (χ2v) is 6.95. The van der Waals surface area contributed by atoms with E-state index in [0.29, 0.717) is 16.8 Å². The third-order valence-corrected chi connectivity index (χ3v) is 4.59. The average Bonchev–Trinajstić information content (AvgIpc) is 3.18. The minimum absolute atomic E-state index is 0.0545. The SMILES string of the molecule is COc1ccc(C)cc1NC(=O)C(C)OC(=O)CCNC(=O)c1n[nH]c2ccccc12. The second-order valence-electron chi connectivity index (χ2n) is 6.95. The Morgan fingerprint density at radius 1 is 1.16 bits per heavy atom. The van der Waals surface area contributed by atoms with Crippen LogP contribution in [0.2, 0.25) is 0 Å². The van der Waals surface area contributed by atoms with Gasteiger partial charge in [-0.25, -0.2) is 0 Å². The Balaban J connectivity index is 1.47. The van der Waals surface area contributed by atoms with Crippen molar-refractivity contribution in [2.24, 2.45) is 0 Å². The number of nitrogens with one attached hydrogen (secondary N) is 3. The minimum atomic E-state index is -1.01. The highest BCUT2D eigenvalue weighted by Crippen LogP contribution is 2.25. The van der Waals surface area contributed by atoms with Crippen LogP contribution in [0.25, 0.3) is 10.9 Å². The number of anilines is 1. The van der Waals surface area contributed by atoms with Gasteiger partial charge >= 0.3 is 5.97 Å². The number of amides is 2. The first-order valence-electron chi connectivity index (χ1n) is 9.75. The summed E-state index contributed by atoms with van der Waals surface area (Å²) in [6, 6.07) is 12.6. The summed E-state index contributed by atoms with van der Waals surface area (Å²) in [6.45, 7) is 3.42. The number of benzene rings is 2. The number of esters is 1. The first kappa shape index (κ1) is 21.8. The summed E-state index contributed by atoms with van der Waals surface area (Å²) in [5.74, 6) is -0.982. The molecular weight excluding hydrogens is 400 g/mol. The van der Waals surface area contributed by atoms with Crippen LogP contribution in [0.5, 0.6) is 5.75 Å². The van der Waals surface area contributed by atoms with Gasteiger partial charge in [0.15, 0.2) is 11.8 Å². The summed E-state index contributed by atoms with van der Waals surface area (Å²) in [7, 11) is 1.50. The van der Waals surface area contributed by atoms with E-state index in [9.17, 15) is 14.4 Å². The number of ether oxygens (including phenoxy) is 2. The molecule has 0 bridgehead atoms. The summed E-state index contributed by atoms with van der Waals surface area (Å²) >= 11 is 0. The van der Waals surface area contributed by atoms with Crippen LogP contribution in [0.15, 0.2) is 42.5 Å². The molecule has 1 aromatic heterocycles. The minimum Gasteiger partial charge on any atom is -0.495 e. The van der Waals surface area contributed by atoms with E-state index in [2.05, 4.69) is 20.8 Å². The lowest BCUT2D eigenvalue weighted by Crippen LogP contribution is -2.32. The number of fused-ring (bicyclic) bond motifs is 1. The Bertz CT molecular complexity index is 1110. The molecule has 31 heavy (non-hydrogen) atoms. The number of aromatic amines is 1. The van der Waals surface area contributed by atoms with E-state index in [1.165, 1.54) is 14.0 Å². The summed E-state index contributed by atoms with van der Waals surface area (Å²) in [6.07, 6.45) is -1.09. The van der Waals surface area contributed by atoms with Crippen molar-refractivity contribution in [1.29, 1.82) is 0 Å². The monoisotopic (exact) mass is 424 g/mol. The number of rotatable bonds is 8. The second kappa shape index (κ2) is 9.75. The molecule has 0 aliphatic carbocycles. The number of hydrogen-bond acceptors (Lipinski definition) is 6. The van der Waals surface area contributed by atoms with Gasteiger partial charge in [-0.2, -0.15) is 5.10 Å². The number of hydrogen-bond donors (Lipinski definition) is 3. The molecule has 9 heteroatoms. The number of H-pyrrole nitrogens is 1. The van der Waals surface area contributed by atoms with Crippen molar-refractivity contribution in [2.45, 2.75) is 26.4 Å². The smallest absolute Gasteiger partial charge is 0.308 e. The van der Waals surface area contributed by atoms with Gasteiger partial charge in [-0.1, -0.05) is 24.3 Å². The van der Waals surface area contributed by atoms with Crippen molar-refractivity contribution in [3.8, 4) is 5.75 Å². The summed E-state index contributed by atoms with van der Waals surface area (Å²) in [5.41, 5.74) is 2.44. The Morgan fingerprint density at radius 3 is 2.71 bits per heavy atom. The molecule has 0 saturated heterocycles. The highest BCUT2D eigenvalue weighted by atomic mass is 16.5. The predicted molar refractivity (Wildman–Crippen MR) is 115 cm³/mol. The van der Waals surface area contributed by atoms with Crippen LogP contribution in [0.3, 0.4) is 0 Å². The summed E-state index contributed by atoms with van der Waals surface area (Å²) in [4.78, 5) is 36.7. The zero-order valence-electron chi connectivity index (χ0n) is 17.5. The van der Waals surface area contributed by atoms with E-state index in [1.54, 1.807) is 18.2 Å². The molecule has 1 unspecified atom stereocenters. The molecule has 3 rings (SSSR count). The molecule has 0 spiro atoms. The number of aromatic nitrogens is 2. The lowest BCUT2D eigenvalue weighted by atomic mass is 10.2. The van der Waals surface area contributed by atoms with Crippen molar-refractivity contribution < 1.29 is 23.9 Å². The van der Waals surface area contributed by atoms with Gasteiger partial charge in [-0.3, -0.25) is 19.5 Å². The van der Waals surface area contributed by atoms with E-state index in [1.807, 2.05) is 31.2 Å². The molecule has 2 aromatic carbocycles. The van der Waals surface area contributed by atoms with Gasteiger partial charge in [0.05, 0.1) is 24.7 Å². The molecule has 0 fully saturated rings. The van der Waals surface area contributed by atoms with Crippen LogP contribution in [0.4, 0.5) is 5.69 Å². The first-order valence-corrected chi connectivity index (χ1v) is 9.75. The lowest BCUT2D eigenvalue weighted by molar-refractivity contribution is -0.153. The quantitative estimate of drug-likeness (QED) is 0.478. The van der Waals surface area contributed by atoms with Gasteiger partial charge in [-0.05, 0) is 37.6 Å². The van der Waals surface area contributed by atoms with E-state index >= 15 is 0 Å². The zero-order chi connectivity index (χ0) is 22.4. The first-order chi connectivity index (χ1) is 14.9. The van der Waals surface area contributed by atoms with Gasteiger partial charge in [0.2, 0.25) is 0 Å². The molecule has 1 heterocycles. The maximum absolute atomic E-state index is 12.4. The van der Waals surface area contributed by atoms with E-state index < -0.39 is 23.9 Å². The largest absolute Gasteiger partial charge is 0.495 e. The topological polar surface area (TPSA) is 122 Å². The molecule has 0 saturated carbocycles. The fraction of sp³-hybridized carbons (Fsp3) is 0.273. The number of aryl methyl sites for hydroxylation is 1. The van der Waals surface area contributed by atoms with Crippen molar-refractivity contribution in [3.05, 3.63) is 53.7 Å². The van der Waals surface area contributed by atoms with Crippen LogP contribution in [-0.4, -0.2) is 47.7 Å². The summed E-state index contributed by atoms with van der Waals surface area (Å²) in [5, 5.41) is 12.8. The molecular formula is C22H24N4O5. The molecule has 162 valence electrons. The highest BCUT2D eigenvalue weighted by Gasteiger charge is 2.20. The van der Waals surface area contributed by atoms with E-state index in [-0.39, 0.29) is 18.7 Å². The standard InChI is InChI=1S/C22H24N4O5/c1-13-8-9-18(30-3)17(12-13)24-21(28)14(2)31-19(27)10-11-23-22(29)20-15-6-4-5-7-16(15)25-26-20/h4-9,12,14H,10-11H2,1-3H3,(H,23,29)(H,24,28)(H,25,26). The Kier molecular flexibility index (Phi) is 6.86. The predicted octanol–water partition coefficient (Wildman–Crippen LogP) is 2.57. The normalized spacial score (nSPS) is 11.6. The van der Waals surface area contributed by atoms with Crippen LogP contribution < -0.4 is 15.4 Å². The third kappa shape index (κ3) is 5.39. The molecule has 1 atom stereocenters. The van der Waals surface area contributed by atoms with Gasteiger partial charge in [0.1, 0.15) is 5.75 Å². The number of carbonyl (C=O) groups excluding carboxylic acids is 3. The molecule has 0 radical (unpaired) electrons. The molecule has 3 aromatic rings. The zero-order valence-corrected chi connectivity index (χ0v) is 17.5. The Hall–Kier alpha value is -3.88. The van der Waals surface area contributed by atoms with Crippen molar-refractivity contribution in [1.82, 2.24) is 15.5 Å². The van der Waals surface area contributed by atoms with Crippen LogP contribution >= 0.6 is 0 Å². The average molecular weight is 424 g/mol. The number of carbonyl (C=O) groups is 3. The molecule has 9 nitrogen and oxygen atoms in total. The maximum Gasteiger partial charge on any atom is 0.308 e. The molecule has 3 N–H and O–H groups in total. The van der Waals surface area contributed by atoms with E-state index in [4.69, 9.17) is 9.47 Å². The fourth-order valence-corrected chi connectivity index (χ4v) is 2.96. The van der Waals surface area contributed by atoms with Crippen molar-refractivity contribution >= 4 is 34.4 Å². The van der Waals surface area contributed by atoms with Crippen LogP contribution in [-0.2, 0) is 14.3 Å². The summed E-state index contributed by atoms with van der Waals surface area (Å²) < 4.78 is 10.4. The highest BCUT2D eigenvalue weighted by molar-refractivity contribution is 6.04. The van der Waals surface area contributed by atoms with Crippen molar-refractivity contribution in [2.75, 3.05) is 19.0 Å². The number of nitrogens with zero attached hydrogens (tertiary/aromatic N) is 1. The van der Waals surface area contributed by atoms with Crippen molar-refractivity contribution in [3.63, 3.8) is 0 Å². The van der Waals surface area contributed by atoms with Gasteiger partial charge < -0.3 is 20.1 Å². The molecule has 0 aliphatic rings. The molecule has 2 amide bonds. The van der Waals surface area contributed by atoms with Gasteiger partial charge in [0, 0.05) is 11.9 Å². The van der Waals surface area contributed by atoms with Gasteiger partial charge in [-0.15, -0.1) is 0 Å². The Morgan fingerprint density at radius 2 is 1.94 bits per heavy atom. The van der Waals surface area contributed by atoms with Gasteiger partial charge in [0.25, 0.3) is 11.8 Å². The maximum atomic E-state index is 12.4. The van der Waals surface area contributed by atoms with E-state index in [0.717, 1.165) is 11.1 Å². The fourth-order valence-electron chi connectivity index (χ4n) is 2.96. The van der Waals surface area contributed by atoms with Crippen LogP contribution in [0, 0.1) is 6.92 Å². The Labute approximate surface area is 179 Å². The third-order valence-electron chi connectivity index (χ3n) is 4.59. The number of para-hydroxylation sites is 1. The van der Waals surface area contributed by atoms with Crippen LogP contribution in [0.1, 0.15) is 29.4 Å². The molecule has 0 aliphatic heterocycles. The lowest BCUT2D eigenvalue weighted by Gasteiger charge is -2.15. The number of methoxy groups -OCH3 is 1.